The van der Waals surface area contributed by atoms with E-state index in [1.807, 2.05) is 6.08 Å². The molecule has 5 nitrogen and oxygen atoms in total. The van der Waals surface area contributed by atoms with E-state index < -0.39 is 24.2 Å². The summed E-state index contributed by atoms with van der Waals surface area (Å²) in [7, 11) is 0. The molecule has 0 saturated heterocycles. The molecule has 0 spiro atoms. The minimum Gasteiger partial charge on any atom is -0.394 e. The molecule has 4 N–H and O–H groups in total. The van der Waals surface area contributed by atoms with Gasteiger partial charge < -0.3 is 20.6 Å². The van der Waals surface area contributed by atoms with Crippen LogP contribution in [0.5, 0.6) is 0 Å². The number of allylic oxidation sites excluding steroid dienone is 3. The molecule has 45 heavy (non-hydrogen) atoms. The third-order valence-corrected chi connectivity index (χ3v) is 9.04. The molecule has 3 atom stereocenters. The Kier molecular flexibility index (Phi) is 34.8. The lowest BCUT2D eigenvalue weighted by atomic mass is 10.0. The summed E-state index contributed by atoms with van der Waals surface area (Å²) in [6, 6.07) is -0.796. The predicted octanol–water partition coefficient (Wildman–Crippen LogP) is 10.7. The van der Waals surface area contributed by atoms with Gasteiger partial charge in [-0.1, -0.05) is 179 Å². The summed E-state index contributed by atoms with van der Waals surface area (Å²) in [5.74, 6) is -0.509. The number of aliphatic hydroxyl groups is 3. The standard InChI is InChI=1S/C40H77NO4/c1-3-5-7-9-11-13-15-17-18-19-20-21-23-25-27-29-31-33-35-39(44)40(45)41-37(36-42)38(43)34-32-30-28-26-24-22-16-14-12-10-8-6-4-2/h19-20,32,34,37-39,42-44H,3-18,21-31,33,35-36H2,1-2H3,(H,41,45)/b20-19-,34-32+. The minimum absolute atomic E-state index is 0.364. The van der Waals surface area contributed by atoms with E-state index in [0.29, 0.717) is 6.42 Å². The van der Waals surface area contributed by atoms with Gasteiger partial charge in [-0.15, -0.1) is 0 Å². The van der Waals surface area contributed by atoms with Crippen LogP contribution in [0.3, 0.4) is 0 Å². The van der Waals surface area contributed by atoms with Crippen molar-refractivity contribution in [3.63, 3.8) is 0 Å². The smallest absolute Gasteiger partial charge is 0.249 e. The van der Waals surface area contributed by atoms with Crippen molar-refractivity contribution in [1.29, 1.82) is 0 Å². The average Bonchev–Trinajstić information content (AvgIpc) is 3.04. The van der Waals surface area contributed by atoms with Crippen LogP contribution in [-0.4, -0.2) is 46.1 Å². The number of aliphatic hydroxyl groups excluding tert-OH is 3. The van der Waals surface area contributed by atoms with E-state index >= 15 is 0 Å². The Morgan fingerprint density at radius 2 is 0.889 bits per heavy atom. The molecule has 0 bridgehead atoms. The van der Waals surface area contributed by atoms with Gasteiger partial charge in [0.25, 0.3) is 0 Å². The molecule has 0 fully saturated rings. The molecular weight excluding hydrogens is 558 g/mol. The van der Waals surface area contributed by atoms with Crippen molar-refractivity contribution >= 4 is 5.91 Å². The van der Waals surface area contributed by atoms with Gasteiger partial charge in [0.05, 0.1) is 18.8 Å². The second kappa shape index (κ2) is 35.7. The molecule has 0 aliphatic carbocycles. The van der Waals surface area contributed by atoms with Crippen LogP contribution in [0.25, 0.3) is 0 Å². The summed E-state index contributed by atoms with van der Waals surface area (Å²) in [5, 5.41) is 33.0. The zero-order chi connectivity index (χ0) is 33.1. The molecule has 0 saturated carbocycles. The van der Waals surface area contributed by atoms with Crippen LogP contribution < -0.4 is 5.32 Å². The zero-order valence-electron chi connectivity index (χ0n) is 30.0. The molecule has 0 aliphatic rings. The van der Waals surface area contributed by atoms with Gasteiger partial charge >= 0.3 is 0 Å². The highest BCUT2D eigenvalue weighted by Gasteiger charge is 2.22. The Bertz CT molecular complexity index is 665. The predicted molar refractivity (Wildman–Crippen MR) is 195 cm³/mol. The SMILES string of the molecule is CCCCCCCCCC/C=C\CCCCCCCCC(O)C(=O)NC(CO)C(O)/C=C/CCCCCCCCCCCCC. The highest BCUT2D eigenvalue weighted by Crippen LogP contribution is 2.14. The summed E-state index contributed by atoms with van der Waals surface area (Å²) in [6.07, 6.45) is 41.9. The van der Waals surface area contributed by atoms with Gasteiger partial charge in [-0.05, 0) is 44.9 Å². The Balaban J connectivity index is 3.72. The number of carbonyl (C=O) groups excluding carboxylic acids is 1. The molecule has 5 heteroatoms. The quantitative estimate of drug-likeness (QED) is 0.0412. The third-order valence-electron chi connectivity index (χ3n) is 9.04. The van der Waals surface area contributed by atoms with Crippen LogP contribution in [0.1, 0.15) is 200 Å². The van der Waals surface area contributed by atoms with Crippen LogP contribution in [0.2, 0.25) is 0 Å². The van der Waals surface area contributed by atoms with Crippen LogP contribution in [0.15, 0.2) is 24.3 Å². The molecule has 266 valence electrons. The summed E-state index contributed by atoms with van der Waals surface area (Å²) >= 11 is 0. The lowest BCUT2D eigenvalue weighted by molar-refractivity contribution is -0.131. The summed E-state index contributed by atoms with van der Waals surface area (Å²) in [5.41, 5.74) is 0. The second-order valence-corrected chi connectivity index (χ2v) is 13.5. The maximum absolute atomic E-state index is 12.4. The summed E-state index contributed by atoms with van der Waals surface area (Å²) in [4.78, 5) is 12.4. The molecule has 0 aromatic carbocycles. The van der Waals surface area contributed by atoms with Gasteiger partial charge in [0.1, 0.15) is 6.10 Å². The van der Waals surface area contributed by atoms with Gasteiger partial charge in [0.15, 0.2) is 0 Å². The van der Waals surface area contributed by atoms with Crippen LogP contribution in [-0.2, 0) is 4.79 Å². The third kappa shape index (κ3) is 31.2. The number of nitrogens with one attached hydrogen (secondary N) is 1. The number of unbranched alkanes of at least 4 members (excludes halogenated alkanes) is 25. The molecule has 1 amide bonds. The highest BCUT2D eigenvalue weighted by molar-refractivity contribution is 5.80. The molecule has 3 unspecified atom stereocenters. The van der Waals surface area contributed by atoms with E-state index in [4.69, 9.17) is 0 Å². The van der Waals surface area contributed by atoms with Crippen molar-refractivity contribution in [2.75, 3.05) is 6.61 Å². The van der Waals surface area contributed by atoms with Crippen molar-refractivity contribution in [1.82, 2.24) is 5.32 Å². The van der Waals surface area contributed by atoms with Gasteiger partial charge in [0, 0.05) is 0 Å². The van der Waals surface area contributed by atoms with E-state index in [1.165, 1.54) is 148 Å². The Morgan fingerprint density at radius 3 is 1.29 bits per heavy atom. The first-order valence-corrected chi connectivity index (χ1v) is 19.7. The number of hydrogen-bond donors (Lipinski definition) is 4. The fourth-order valence-corrected chi connectivity index (χ4v) is 5.88. The molecule has 0 aromatic heterocycles. The van der Waals surface area contributed by atoms with Crippen molar-refractivity contribution in [2.45, 2.75) is 218 Å². The second-order valence-electron chi connectivity index (χ2n) is 13.5. The Hall–Kier alpha value is -1.17. The van der Waals surface area contributed by atoms with Crippen molar-refractivity contribution in [2.24, 2.45) is 0 Å². The number of rotatable bonds is 35. The first-order chi connectivity index (χ1) is 22.1. The first kappa shape index (κ1) is 43.8. The van der Waals surface area contributed by atoms with E-state index in [0.717, 1.165) is 32.1 Å². The fraction of sp³-hybridized carbons (Fsp3) is 0.875. The van der Waals surface area contributed by atoms with Crippen molar-refractivity contribution in [3.05, 3.63) is 24.3 Å². The Labute approximate surface area is 280 Å². The topological polar surface area (TPSA) is 89.8 Å². The van der Waals surface area contributed by atoms with Gasteiger partial charge in [-0.25, -0.2) is 0 Å². The van der Waals surface area contributed by atoms with Crippen LogP contribution >= 0.6 is 0 Å². The lowest BCUT2D eigenvalue weighted by Gasteiger charge is -2.21. The molecule has 0 heterocycles. The monoisotopic (exact) mass is 636 g/mol. The number of amides is 1. The summed E-state index contributed by atoms with van der Waals surface area (Å²) < 4.78 is 0. The largest absolute Gasteiger partial charge is 0.394 e. The number of carbonyl (C=O) groups is 1. The lowest BCUT2D eigenvalue weighted by Crippen LogP contribution is -2.48. The van der Waals surface area contributed by atoms with Crippen molar-refractivity contribution < 1.29 is 20.1 Å². The zero-order valence-corrected chi connectivity index (χ0v) is 30.0. The van der Waals surface area contributed by atoms with Gasteiger partial charge in [0.2, 0.25) is 5.91 Å². The summed E-state index contributed by atoms with van der Waals surface area (Å²) in [6.45, 7) is 4.16. The highest BCUT2D eigenvalue weighted by atomic mass is 16.3. The minimum atomic E-state index is -1.10. The maximum atomic E-state index is 12.4. The van der Waals surface area contributed by atoms with Gasteiger partial charge in [-0.3, -0.25) is 4.79 Å². The average molecular weight is 636 g/mol. The molecule has 0 radical (unpaired) electrons. The number of hydrogen-bond acceptors (Lipinski definition) is 4. The molecule has 0 rings (SSSR count). The van der Waals surface area contributed by atoms with Gasteiger partial charge in [-0.2, -0.15) is 0 Å². The van der Waals surface area contributed by atoms with E-state index in [-0.39, 0.29) is 6.61 Å². The van der Waals surface area contributed by atoms with E-state index in [2.05, 4.69) is 31.3 Å². The molecule has 0 aliphatic heterocycles. The first-order valence-electron chi connectivity index (χ1n) is 19.7. The fourth-order valence-electron chi connectivity index (χ4n) is 5.88. The van der Waals surface area contributed by atoms with E-state index in [9.17, 15) is 20.1 Å². The molecular formula is C40H77NO4. The molecule has 0 aromatic rings. The van der Waals surface area contributed by atoms with E-state index in [1.54, 1.807) is 6.08 Å². The normalized spacial score (nSPS) is 14.0. The van der Waals surface area contributed by atoms with Crippen molar-refractivity contribution in [3.8, 4) is 0 Å². The van der Waals surface area contributed by atoms with Crippen LogP contribution in [0.4, 0.5) is 0 Å². The Morgan fingerprint density at radius 1 is 0.533 bits per heavy atom. The van der Waals surface area contributed by atoms with Crippen LogP contribution in [0, 0.1) is 0 Å². The maximum Gasteiger partial charge on any atom is 0.249 e.